The zero-order chi connectivity index (χ0) is 11.8. The van der Waals surface area contributed by atoms with Crippen molar-refractivity contribution in [2.24, 2.45) is 0 Å². The quantitative estimate of drug-likeness (QED) is 0.851. The molecule has 1 aliphatic carbocycles. The molecule has 0 radical (unpaired) electrons. The molecule has 1 saturated carbocycles. The fourth-order valence-corrected chi connectivity index (χ4v) is 2.64. The van der Waals surface area contributed by atoms with Crippen molar-refractivity contribution >= 4 is 34.7 Å². The lowest BCUT2D eigenvalue weighted by Crippen LogP contribution is -2.17. The highest BCUT2D eigenvalue weighted by Crippen LogP contribution is 2.26. The molecule has 90 valence electrons. The molecule has 0 saturated heterocycles. The Hall–Kier alpha value is -1.00. The lowest BCUT2D eigenvalue weighted by Gasteiger charge is -2.14. The second-order valence-electron chi connectivity index (χ2n) is 4.32. The molecule has 2 aromatic heterocycles. The van der Waals surface area contributed by atoms with Crippen molar-refractivity contribution in [1.82, 2.24) is 14.6 Å². The zero-order valence-electron chi connectivity index (χ0n) is 9.16. The molecular weight excluding hydrogens is 259 g/mol. The number of hydrogen-bond donors (Lipinski definition) is 1. The van der Waals surface area contributed by atoms with Gasteiger partial charge in [-0.3, -0.25) is 0 Å². The van der Waals surface area contributed by atoms with Crippen molar-refractivity contribution in [2.45, 2.75) is 31.7 Å². The highest BCUT2D eigenvalue weighted by Gasteiger charge is 2.17. The third-order valence-electron chi connectivity index (χ3n) is 3.10. The molecule has 1 N–H and O–H groups in total. The summed E-state index contributed by atoms with van der Waals surface area (Å²) < 4.78 is 1.70. The normalized spacial score (nSPS) is 16.8. The van der Waals surface area contributed by atoms with Gasteiger partial charge in [-0.15, -0.1) is 0 Å². The number of aromatic nitrogens is 3. The number of rotatable bonds is 2. The molecule has 2 heterocycles. The van der Waals surface area contributed by atoms with Gasteiger partial charge in [-0.05, 0) is 12.8 Å². The van der Waals surface area contributed by atoms with Gasteiger partial charge in [0.2, 0.25) is 0 Å². The fraction of sp³-hybridized carbons (Fsp3) is 0.455. The molecule has 1 aliphatic rings. The first-order valence-electron chi connectivity index (χ1n) is 5.70. The fourth-order valence-electron chi connectivity index (χ4n) is 2.29. The van der Waals surface area contributed by atoms with E-state index in [-0.39, 0.29) is 0 Å². The van der Waals surface area contributed by atoms with E-state index in [9.17, 15) is 0 Å². The van der Waals surface area contributed by atoms with Crippen LogP contribution >= 0.6 is 23.2 Å². The van der Waals surface area contributed by atoms with Gasteiger partial charge in [0.15, 0.2) is 5.65 Å². The van der Waals surface area contributed by atoms with Crippen LogP contribution in [0, 0.1) is 0 Å². The number of nitrogens with one attached hydrogen (secondary N) is 1. The van der Waals surface area contributed by atoms with Gasteiger partial charge >= 0.3 is 0 Å². The van der Waals surface area contributed by atoms with Gasteiger partial charge in [0, 0.05) is 12.1 Å². The summed E-state index contributed by atoms with van der Waals surface area (Å²) in [5.41, 5.74) is 0.597. The van der Waals surface area contributed by atoms with Crippen molar-refractivity contribution in [3.63, 3.8) is 0 Å². The number of hydrogen-bond acceptors (Lipinski definition) is 3. The maximum atomic E-state index is 6.00. The average Bonchev–Trinajstić information content (AvgIpc) is 2.90. The van der Waals surface area contributed by atoms with Gasteiger partial charge in [0.05, 0.1) is 6.20 Å². The Morgan fingerprint density at radius 1 is 1.29 bits per heavy atom. The average molecular weight is 271 g/mol. The molecule has 6 heteroatoms. The minimum atomic E-state index is 0.431. The summed E-state index contributed by atoms with van der Waals surface area (Å²) in [6.45, 7) is 0. The predicted octanol–water partition coefficient (Wildman–Crippen LogP) is 3.39. The third-order valence-corrected chi connectivity index (χ3v) is 3.56. The molecule has 0 amide bonds. The number of halogens is 2. The molecule has 1 fully saturated rings. The molecule has 17 heavy (non-hydrogen) atoms. The van der Waals surface area contributed by atoms with Crippen LogP contribution in [0.25, 0.3) is 5.65 Å². The lowest BCUT2D eigenvalue weighted by molar-refractivity contribution is 0.740. The van der Waals surface area contributed by atoms with Gasteiger partial charge in [0.1, 0.15) is 16.0 Å². The summed E-state index contributed by atoms with van der Waals surface area (Å²) in [7, 11) is 0. The monoisotopic (exact) mass is 270 g/mol. The van der Waals surface area contributed by atoms with Crippen molar-refractivity contribution in [2.75, 3.05) is 5.32 Å². The van der Waals surface area contributed by atoms with Crippen LogP contribution in [0.3, 0.4) is 0 Å². The van der Waals surface area contributed by atoms with E-state index in [0.29, 0.717) is 21.9 Å². The lowest BCUT2D eigenvalue weighted by atomic mass is 10.2. The Balaban J connectivity index is 2.02. The molecule has 4 nitrogen and oxygen atoms in total. The van der Waals surface area contributed by atoms with Crippen LogP contribution in [-0.2, 0) is 0 Å². The standard InChI is InChI=1S/C11H12Cl2N4/c12-8-6-14-17-10(5-9(13)16-11(8)17)15-7-3-1-2-4-7/h5-7,15H,1-4H2. The molecule has 0 bridgehead atoms. The molecular formula is C11H12Cl2N4. The summed E-state index contributed by atoms with van der Waals surface area (Å²) in [4.78, 5) is 4.16. The van der Waals surface area contributed by atoms with E-state index in [0.717, 1.165) is 5.82 Å². The van der Waals surface area contributed by atoms with Crippen molar-refractivity contribution < 1.29 is 0 Å². The van der Waals surface area contributed by atoms with Crippen molar-refractivity contribution in [3.8, 4) is 0 Å². The maximum absolute atomic E-state index is 6.00. The molecule has 3 rings (SSSR count). The van der Waals surface area contributed by atoms with Crippen LogP contribution in [-0.4, -0.2) is 20.6 Å². The first kappa shape index (κ1) is 11.1. The predicted molar refractivity (Wildman–Crippen MR) is 68.9 cm³/mol. The van der Waals surface area contributed by atoms with E-state index in [4.69, 9.17) is 23.2 Å². The van der Waals surface area contributed by atoms with E-state index >= 15 is 0 Å². The van der Waals surface area contributed by atoms with Gasteiger partial charge in [0.25, 0.3) is 0 Å². The van der Waals surface area contributed by atoms with Crippen LogP contribution in [0.2, 0.25) is 10.2 Å². The number of nitrogens with zero attached hydrogens (tertiary/aromatic N) is 3. The first-order valence-corrected chi connectivity index (χ1v) is 6.46. The zero-order valence-corrected chi connectivity index (χ0v) is 10.7. The van der Waals surface area contributed by atoms with E-state index in [1.54, 1.807) is 16.8 Å². The van der Waals surface area contributed by atoms with Crippen LogP contribution < -0.4 is 5.32 Å². The minimum absolute atomic E-state index is 0.431. The van der Waals surface area contributed by atoms with Crippen LogP contribution in [0.5, 0.6) is 0 Å². The summed E-state index contributed by atoms with van der Waals surface area (Å²) in [6, 6.07) is 2.29. The maximum Gasteiger partial charge on any atom is 0.177 e. The Kier molecular flexibility index (Phi) is 2.84. The molecule has 0 unspecified atom stereocenters. The van der Waals surface area contributed by atoms with Crippen LogP contribution in [0.4, 0.5) is 5.82 Å². The van der Waals surface area contributed by atoms with Crippen LogP contribution in [0.1, 0.15) is 25.7 Å². The van der Waals surface area contributed by atoms with Gasteiger partial charge < -0.3 is 5.32 Å². The van der Waals surface area contributed by atoms with Gasteiger partial charge in [-0.1, -0.05) is 36.0 Å². The van der Waals surface area contributed by atoms with Gasteiger partial charge in [-0.2, -0.15) is 9.61 Å². The first-order chi connectivity index (χ1) is 8.24. The van der Waals surface area contributed by atoms with E-state index in [1.807, 2.05) is 0 Å². The van der Waals surface area contributed by atoms with Crippen molar-refractivity contribution in [1.29, 1.82) is 0 Å². The minimum Gasteiger partial charge on any atom is -0.367 e. The van der Waals surface area contributed by atoms with Gasteiger partial charge in [-0.25, -0.2) is 4.98 Å². The van der Waals surface area contributed by atoms with E-state index < -0.39 is 0 Å². The molecule has 0 aliphatic heterocycles. The third kappa shape index (κ3) is 2.07. The molecule has 0 aromatic carbocycles. The summed E-state index contributed by atoms with van der Waals surface area (Å²) in [5, 5.41) is 8.60. The molecule has 0 spiro atoms. The SMILES string of the molecule is Clc1cc(NC2CCCC2)n2ncc(Cl)c2n1. The summed E-state index contributed by atoms with van der Waals surface area (Å²) >= 11 is 12.0. The van der Waals surface area contributed by atoms with Crippen LogP contribution in [0.15, 0.2) is 12.3 Å². The summed E-state index contributed by atoms with van der Waals surface area (Å²) in [6.07, 6.45) is 6.52. The smallest absolute Gasteiger partial charge is 0.177 e. The Bertz CT molecular complexity index is 546. The highest BCUT2D eigenvalue weighted by molar-refractivity contribution is 6.34. The summed E-state index contributed by atoms with van der Waals surface area (Å²) in [5.74, 6) is 0.860. The second-order valence-corrected chi connectivity index (χ2v) is 5.11. The largest absolute Gasteiger partial charge is 0.367 e. The molecule has 2 aromatic rings. The van der Waals surface area contributed by atoms with Crippen molar-refractivity contribution in [3.05, 3.63) is 22.4 Å². The Morgan fingerprint density at radius 2 is 2.06 bits per heavy atom. The number of anilines is 1. The van der Waals surface area contributed by atoms with E-state index in [1.165, 1.54) is 25.7 Å². The second kappa shape index (κ2) is 4.35. The Labute approximate surface area is 109 Å². The highest BCUT2D eigenvalue weighted by atomic mass is 35.5. The number of fused-ring (bicyclic) bond motifs is 1. The Morgan fingerprint density at radius 3 is 2.82 bits per heavy atom. The molecule has 0 atom stereocenters. The van der Waals surface area contributed by atoms with E-state index in [2.05, 4.69) is 15.4 Å². The topological polar surface area (TPSA) is 42.2 Å².